The summed E-state index contributed by atoms with van der Waals surface area (Å²) in [5.41, 5.74) is 2.07. The van der Waals surface area contributed by atoms with Gasteiger partial charge in [0.2, 0.25) is 0 Å². The molecule has 0 aliphatic rings. The average Bonchev–Trinajstić information content (AvgIpc) is 2.84. The molecule has 0 atom stereocenters. The molecule has 0 spiro atoms. The normalized spacial score (nSPS) is 9.36. The molecular formula is C25H31FN4O4SU. The van der Waals surface area contributed by atoms with Crippen molar-refractivity contribution in [2.24, 2.45) is 0 Å². The summed E-state index contributed by atoms with van der Waals surface area (Å²) in [4.78, 5) is 4.32. The Morgan fingerprint density at radius 3 is 2.47 bits per heavy atom. The molecule has 4 N–H and O–H groups in total. The largest absolute Gasteiger partial charge is 0.493 e. The molecule has 0 saturated carbocycles. The number of nitrogens with one attached hydrogen (secondary N) is 1. The summed E-state index contributed by atoms with van der Waals surface area (Å²) in [5, 5.41) is 23.6. The minimum atomic E-state index is -0.383. The molecule has 0 unspecified atom stereocenters. The number of halogens is 1. The number of hydroxylamine groups is 1. The van der Waals surface area contributed by atoms with Crippen LogP contribution in [-0.2, 0) is 6.54 Å². The van der Waals surface area contributed by atoms with Crippen molar-refractivity contribution in [2.45, 2.75) is 13.5 Å². The first-order valence-electron chi connectivity index (χ1n) is 10.5. The monoisotopic (exact) mass is 740 g/mol. The summed E-state index contributed by atoms with van der Waals surface area (Å²) in [7, 11) is 1.56. The number of hydrogen-bond donors (Lipinski definition) is 2. The summed E-state index contributed by atoms with van der Waals surface area (Å²) < 4.78 is 25.1. The van der Waals surface area contributed by atoms with Crippen molar-refractivity contribution in [2.75, 3.05) is 43.2 Å². The zero-order valence-electron chi connectivity index (χ0n) is 20.7. The van der Waals surface area contributed by atoms with E-state index in [1.165, 1.54) is 12.3 Å². The third kappa shape index (κ3) is 9.53. The molecule has 1 heterocycles. The maximum atomic E-state index is 14.2. The quantitative estimate of drug-likeness (QED) is 0.238. The van der Waals surface area contributed by atoms with Gasteiger partial charge in [0, 0.05) is 48.4 Å². The summed E-state index contributed by atoms with van der Waals surface area (Å²) >= 11 is 1.75. The first-order chi connectivity index (χ1) is 16.5. The predicted molar refractivity (Wildman–Crippen MR) is 139 cm³/mol. The minimum absolute atomic E-state index is 0. The number of anilines is 2. The van der Waals surface area contributed by atoms with Crippen molar-refractivity contribution in [3.05, 3.63) is 66.1 Å². The van der Waals surface area contributed by atoms with E-state index >= 15 is 0 Å². The topological polar surface area (TPSA) is 122 Å². The number of nitriles is 1. The van der Waals surface area contributed by atoms with E-state index in [9.17, 15) is 9.60 Å². The standard InChI is InChI=1S/C23H23FN4O3.C2H6S.H2O.U/c1-3-31-22-12-16(8-9-21(22)30-2)15-28(29)23-20(26-11-10-25)13-17(14-27-23)18-6-4-5-7-19(18)24;1-3-2;;/h4-9,12-14,26,29H,3,11,15H2,1-2H3;1-2H3;1H2;. The van der Waals surface area contributed by atoms with Gasteiger partial charge in [-0.2, -0.15) is 17.0 Å². The fourth-order valence-electron chi connectivity index (χ4n) is 3.11. The van der Waals surface area contributed by atoms with Crippen LogP contribution in [0.4, 0.5) is 15.9 Å². The molecule has 0 aliphatic heterocycles. The van der Waals surface area contributed by atoms with Crippen molar-refractivity contribution in [3.8, 4) is 28.7 Å². The third-order valence-electron chi connectivity index (χ3n) is 4.51. The Labute approximate surface area is 239 Å². The Kier molecular flexibility index (Phi) is 16.7. The first-order valence-corrected chi connectivity index (χ1v) is 12.1. The van der Waals surface area contributed by atoms with Gasteiger partial charge >= 0.3 is 0 Å². The van der Waals surface area contributed by atoms with Crippen molar-refractivity contribution in [3.63, 3.8) is 0 Å². The van der Waals surface area contributed by atoms with Gasteiger partial charge < -0.3 is 20.3 Å². The van der Waals surface area contributed by atoms with Crippen LogP contribution in [0.25, 0.3) is 11.1 Å². The Morgan fingerprint density at radius 1 is 1.17 bits per heavy atom. The molecule has 1 aromatic heterocycles. The molecular weight excluding hydrogens is 709 g/mol. The van der Waals surface area contributed by atoms with E-state index in [1.54, 1.807) is 61.3 Å². The van der Waals surface area contributed by atoms with E-state index in [0.29, 0.717) is 34.9 Å². The van der Waals surface area contributed by atoms with Gasteiger partial charge in [0.15, 0.2) is 17.3 Å². The van der Waals surface area contributed by atoms with Gasteiger partial charge in [-0.25, -0.2) is 14.4 Å². The minimum Gasteiger partial charge on any atom is -0.493 e. The van der Waals surface area contributed by atoms with Crippen LogP contribution in [-0.4, -0.2) is 48.4 Å². The second-order valence-corrected chi connectivity index (χ2v) is 7.79. The van der Waals surface area contributed by atoms with E-state index in [4.69, 9.17) is 14.7 Å². The second kappa shape index (κ2) is 17.9. The Bertz CT molecular complexity index is 1120. The number of pyridine rings is 1. The van der Waals surface area contributed by atoms with Crippen LogP contribution in [0, 0.1) is 48.3 Å². The smallest absolute Gasteiger partial charge is 0.176 e. The number of hydrogen-bond acceptors (Lipinski definition) is 8. The van der Waals surface area contributed by atoms with Gasteiger partial charge in [-0.15, -0.1) is 0 Å². The molecule has 3 aromatic rings. The van der Waals surface area contributed by atoms with Crippen LogP contribution in [0.5, 0.6) is 11.5 Å². The molecule has 36 heavy (non-hydrogen) atoms. The number of nitrogens with zero attached hydrogens (tertiary/aromatic N) is 3. The molecule has 0 aliphatic carbocycles. The van der Waals surface area contributed by atoms with Crippen LogP contribution in [0.15, 0.2) is 54.7 Å². The fourth-order valence-corrected chi connectivity index (χ4v) is 3.11. The van der Waals surface area contributed by atoms with Crippen molar-refractivity contribution in [1.82, 2.24) is 4.98 Å². The van der Waals surface area contributed by atoms with Crippen LogP contribution in [0.1, 0.15) is 12.5 Å². The van der Waals surface area contributed by atoms with E-state index in [1.807, 2.05) is 25.5 Å². The number of rotatable bonds is 9. The van der Waals surface area contributed by atoms with E-state index in [-0.39, 0.29) is 61.3 Å². The number of methoxy groups -OCH3 is 1. The SMILES string of the molecule is CCOc1cc(CN(O)c2ncc(-c3ccccc3F)cc2NCC#N)ccc1OC.CSC.O.[U]. The van der Waals surface area contributed by atoms with Crippen LogP contribution >= 0.6 is 11.8 Å². The second-order valence-electron chi connectivity index (χ2n) is 6.97. The molecule has 0 amide bonds. The predicted octanol–water partition coefficient (Wildman–Crippen LogP) is 4.78. The van der Waals surface area contributed by atoms with E-state index in [2.05, 4.69) is 10.3 Å². The summed E-state index contributed by atoms with van der Waals surface area (Å²) in [6.45, 7) is 2.46. The summed E-state index contributed by atoms with van der Waals surface area (Å²) in [6.07, 6.45) is 5.56. The number of aromatic nitrogens is 1. The molecule has 0 radical (unpaired) electrons. The number of ether oxygens (including phenoxy) is 2. The zero-order valence-corrected chi connectivity index (χ0v) is 25.7. The van der Waals surface area contributed by atoms with Gasteiger partial charge in [0.1, 0.15) is 12.4 Å². The Hall–Kier alpha value is -2.47. The van der Waals surface area contributed by atoms with Crippen LogP contribution in [0.2, 0.25) is 0 Å². The third-order valence-corrected chi connectivity index (χ3v) is 4.51. The Balaban J connectivity index is 0.00000233. The molecule has 0 saturated heterocycles. The van der Waals surface area contributed by atoms with E-state index < -0.39 is 0 Å². The molecule has 8 nitrogen and oxygen atoms in total. The van der Waals surface area contributed by atoms with Gasteiger partial charge in [-0.1, -0.05) is 24.3 Å². The molecule has 0 fully saturated rings. The number of benzene rings is 2. The first kappa shape index (κ1) is 33.5. The number of thioether (sulfide) groups is 1. The van der Waals surface area contributed by atoms with Gasteiger partial charge in [-0.05, 0) is 49.3 Å². The van der Waals surface area contributed by atoms with Crippen LogP contribution in [0.3, 0.4) is 0 Å². The average molecular weight is 741 g/mol. The van der Waals surface area contributed by atoms with Crippen molar-refractivity contribution in [1.29, 1.82) is 5.26 Å². The van der Waals surface area contributed by atoms with Gasteiger partial charge in [0.25, 0.3) is 0 Å². The Morgan fingerprint density at radius 2 is 1.86 bits per heavy atom. The molecule has 3 rings (SSSR count). The zero-order chi connectivity index (χ0) is 24.9. The maximum Gasteiger partial charge on any atom is 0.176 e. The van der Waals surface area contributed by atoms with E-state index in [0.717, 1.165) is 10.6 Å². The summed E-state index contributed by atoms with van der Waals surface area (Å²) in [6, 6.07) is 15.3. The summed E-state index contributed by atoms with van der Waals surface area (Å²) in [5.74, 6) is 0.996. The van der Waals surface area contributed by atoms with Crippen LogP contribution < -0.4 is 19.9 Å². The van der Waals surface area contributed by atoms with Gasteiger partial charge in [0.05, 0.1) is 32.0 Å². The van der Waals surface area contributed by atoms with Gasteiger partial charge in [-0.3, -0.25) is 5.21 Å². The molecule has 11 heteroatoms. The van der Waals surface area contributed by atoms with Crippen molar-refractivity contribution >= 4 is 23.3 Å². The molecule has 2 aromatic carbocycles. The molecule has 192 valence electrons. The molecule has 0 bridgehead atoms. The fraction of sp³-hybridized carbons (Fsp3) is 0.280. The maximum absolute atomic E-state index is 14.2. The van der Waals surface area contributed by atoms with Crippen molar-refractivity contribution < 1.29 is 55.7 Å².